The minimum atomic E-state index is -0.490. The molecule has 3 unspecified atom stereocenters. The van der Waals surface area contributed by atoms with Crippen molar-refractivity contribution in [2.45, 2.75) is 57.3 Å². The van der Waals surface area contributed by atoms with Crippen LogP contribution in [0.1, 0.15) is 45.6 Å². The summed E-state index contributed by atoms with van der Waals surface area (Å²) in [5.41, 5.74) is 0.240. The molecule has 1 N–H and O–H groups in total. The van der Waals surface area contributed by atoms with E-state index in [0.29, 0.717) is 12.0 Å². The summed E-state index contributed by atoms with van der Waals surface area (Å²) in [6.45, 7) is 6.56. The van der Waals surface area contributed by atoms with Gasteiger partial charge in [-0.25, -0.2) is 4.79 Å². The summed E-state index contributed by atoms with van der Waals surface area (Å²) in [4.78, 5) is 12.2. The van der Waals surface area contributed by atoms with E-state index in [-0.39, 0.29) is 12.6 Å². The maximum Gasteiger partial charge on any atom is 0.332 e. The molecule has 0 radical (unpaired) electrons. The van der Waals surface area contributed by atoms with Crippen molar-refractivity contribution in [1.29, 1.82) is 0 Å². The third-order valence-electron chi connectivity index (χ3n) is 4.93. The quantitative estimate of drug-likeness (QED) is 0.788. The van der Waals surface area contributed by atoms with Crippen LogP contribution in [0.3, 0.4) is 0 Å². The highest BCUT2D eigenvalue weighted by Crippen LogP contribution is 2.47. The fourth-order valence-corrected chi connectivity index (χ4v) is 4.35. The smallest absolute Gasteiger partial charge is 0.332 e. The molecular weight excluding hydrogens is 370 g/mol. The van der Waals surface area contributed by atoms with Gasteiger partial charge in [-0.3, -0.25) is 0 Å². The molecular formula is C19H26BrNO3. The summed E-state index contributed by atoms with van der Waals surface area (Å²) in [6.07, 6.45) is 3.09. The third-order valence-corrected chi connectivity index (χ3v) is 5.42. The van der Waals surface area contributed by atoms with Crippen molar-refractivity contribution in [3.8, 4) is 0 Å². The summed E-state index contributed by atoms with van der Waals surface area (Å²) in [7, 11) is 0. The zero-order chi connectivity index (χ0) is 17.4. The van der Waals surface area contributed by atoms with Crippen molar-refractivity contribution >= 4 is 21.9 Å². The van der Waals surface area contributed by atoms with E-state index in [0.717, 1.165) is 35.8 Å². The molecule has 1 heterocycles. The van der Waals surface area contributed by atoms with Gasteiger partial charge in [0.25, 0.3) is 0 Å². The van der Waals surface area contributed by atoms with E-state index in [1.165, 1.54) is 0 Å². The van der Waals surface area contributed by atoms with Gasteiger partial charge >= 0.3 is 5.97 Å². The lowest BCUT2D eigenvalue weighted by atomic mass is 9.72. The molecule has 2 aliphatic rings. The van der Waals surface area contributed by atoms with E-state index in [1.54, 1.807) is 0 Å². The van der Waals surface area contributed by atoms with Gasteiger partial charge in [0.2, 0.25) is 0 Å². The van der Waals surface area contributed by atoms with Crippen LogP contribution in [-0.4, -0.2) is 30.8 Å². The van der Waals surface area contributed by atoms with Crippen molar-refractivity contribution in [2.75, 3.05) is 13.2 Å². The number of ether oxygens (including phenoxy) is 2. The molecule has 3 atom stereocenters. The molecule has 2 bridgehead atoms. The minimum absolute atomic E-state index is 0.00898. The van der Waals surface area contributed by atoms with Gasteiger partial charge in [0.15, 0.2) is 0 Å². The first-order valence-corrected chi connectivity index (χ1v) is 9.43. The third kappa shape index (κ3) is 3.84. The van der Waals surface area contributed by atoms with Gasteiger partial charge in [0, 0.05) is 23.0 Å². The summed E-state index contributed by atoms with van der Waals surface area (Å²) in [5, 5.41) is 3.58. The maximum atomic E-state index is 12.2. The van der Waals surface area contributed by atoms with Crippen LogP contribution in [0.4, 0.5) is 0 Å². The largest absolute Gasteiger partial charge is 0.458 e. The molecule has 1 aromatic carbocycles. The zero-order valence-corrected chi connectivity index (χ0v) is 16.2. The Balaban J connectivity index is 1.82. The zero-order valence-electron chi connectivity index (χ0n) is 14.6. The second-order valence-corrected chi connectivity index (χ2v) is 8.77. The molecule has 3 rings (SSSR count). The van der Waals surface area contributed by atoms with Crippen LogP contribution >= 0.6 is 15.9 Å². The Hall–Kier alpha value is -0.910. The Bertz CT molecular complexity index is 613. The lowest BCUT2D eigenvalue weighted by molar-refractivity contribution is -0.174. The molecule has 1 saturated carbocycles. The molecule has 24 heavy (non-hydrogen) atoms. The fraction of sp³-hybridized carbons (Fsp3) is 0.632. The Morgan fingerprint density at radius 3 is 2.92 bits per heavy atom. The monoisotopic (exact) mass is 395 g/mol. The molecule has 4 nitrogen and oxygen atoms in total. The summed E-state index contributed by atoms with van der Waals surface area (Å²) in [5.74, 6) is 0.0814. The Labute approximate surface area is 152 Å². The number of hydrogen-bond donors (Lipinski definition) is 1. The predicted molar refractivity (Wildman–Crippen MR) is 96.7 cm³/mol. The van der Waals surface area contributed by atoms with Gasteiger partial charge in [-0.15, -0.1) is 0 Å². The Morgan fingerprint density at radius 2 is 2.21 bits per heavy atom. The number of benzene rings is 1. The van der Waals surface area contributed by atoms with Crippen LogP contribution in [-0.2, 0) is 19.9 Å². The molecule has 1 aliphatic heterocycles. The number of hydrogen-bond acceptors (Lipinski definition) is 4. The molecule has 1 aliphatic carbocycles. The summed E-state index contributed by atoms with van der Waals surface area (Å²) < 4.78 is 12.8. The topological polar surface area (TPSA) is 47.6 Å². The number of esters is 1. The average molecular weight is 396 g/mol. The molecule has 1 saturated heterocycles. The van der Waals surface area contributed by atoms with Crippen LogP contribution in [0.5, 0.6) is 0 Å². The van der Waals surface area contributed by atoms with Crippen molar-refractivity contribution in [3.63, 3.8) is 0 Å². The number of rotatable bonds is 4. The second-order valence-electron chi connectivity index (χ2n) is 7.85. The van der Waals surface area contributed by atoms with Gasteiger partial charge in [-0.1, -0.05) is 28.1 Å². The van der Waals surface area contributed by atoms with E-state index in [2.05, 4.69) is 33.4 Å². The lowest BCUT2D eigenvalue weighted by Gasteiger charge is -2.42. The van der Waals surface area contributed by atoms with Crippen LogP contribution in [0, 0.1) is 5.92 Å². The van der Waals surface area contributed by atoms with Gasteiger partial charge in [0.1, 0.15) is 12.2 Å². The van der Waals surface area contributed by atoms with Crippen molar-refractivity contribution in [2.24, 2.45) is 5.92 Å². The van der Waals surface area contributed by atoms with Gasteiger partial charge in [-0.05, 0) is 57.7 Å². The van der Waals surface area contributed by atoms with Crippen molar-refractivity contribution < 1.29 is 14.3 Å². The summed E-state index contributed by atoms with van der Waals surface area (Å²) in [6, 6.07) is 8.86. The predicted octanol–water partition coefficient (Wildman–Crippen LogP) is 3.77. The molecule has 0 amide bonds. The highest BCUT2D eigenvalue weighted by molar-refractivity contribution is 9.10. The van der Waals surface area contributed by atoms with Gasteiger partial charge in [-0.2, -0.15) is 0 Å². The molecule has 5 heteroatoms. The Morgan fingerprint density at radius 1 is 1.42 bits per heavy atom. The first kappa shape index (κ1) is 17.9. The van der Waals surface area contributed by atoms with Crippen LogP contribution < -0.4 is 5.32 Å². The van der Waals surface area contributed by atoms with E-state index in [4.69, 9.17) is 9.47 Å². The number of fused-ring (bicyclic) bond motifs is 2. The normalized spacial score (nSPS) is 29.5. The van der Waals surface area contributed by atoms with Crippen LogP contribution in [0.2, 0.25) is 0 Å². The van der Waals surface area contributed by atoms with Gasteiger partial charge in [0.05, 0.1) is 5.60 Å². The number of halogens is 1. The van der Waals surface area contributed by atoms with Crippen LogP contribution in [0.15, 0.2) is 28.7 Å². The van der Waals surface area contributed by atoms with E-state index in [9.17, 15) is 4.79 Å². The molecule has 0 aromatic heterocycles. The SMILES string of the molecule is CC(C)(C)OC(=O)COC1(c2cccc(Br)c2)CCC2CC1CN2. The minimum Gasteiger partial charge on any atom is -0.458 e. The molecule has 2 fully saturated rings. The van der Waals surface area contributed by atoms with E-state index >= 15 is 0 Å². The van der Waals surface area contributed by atoms with Crippen molar-refractivity contribution in [1.82, 2.24) is 5.32 Å². The lowest BCUT2D eigenvalue weighted by Crippen LogP contribution is -2.43. The maximum absolute atomic E-state index is 12.2. The standard InChI is InChI=1S/C19H26BrNO3/c1-18(2,3)24-17(22)12-23-19(13-5-4-6-15(20)9-13)8-7-16-10-14(19)11-21-16/h4-6,9,14,16,21H,7-8,10-12H2,1-3H3. The summed E-state index contributed by atoms with van der Waals surface area (Å²) >= 11 is 3.56. The average Bonchev–Trinajstić information content (AvgIpc) is 2.89. The number of nitrogens with one attached hydrogen (secondary N) is 1. The van der Waals surface area contributed by atoms with E-state index in [1.807, 2.05) is 32.9 Å². The second kappa shape index (κ2) is 6.77. The van der Waals surface area contributed by atoms with Crippen LogP contribution in [0.25, 0.3) is 0 Å². The Kier molecular flexibility index (Phi) is 5.05. The van der Waals surface area contributed by atoms with E-state index < -0.39 is 11.2 Å². The number of carbonyl (C=O) groups excluding carboxylic acids is 1. The molecule has 132 valence electrons. The first-order chi connectivity index (χ1) is 11.3. The number of carbonyl (C=O) groups is 1. The highest BCUT2D eigenvalue weighted by Gasteiger charge is 2.49. The first-order valence-electron chi connectivity index (χ1n) is 8.64. The van der Waals surface area contributed by atoms with Gasteiger partial charge < -0.3 is 14.8 Å². The van der Waals surface area contributed by atoms with Crippen molar-refractivity contribution in [3.05, 3.63) is 34.3 Å². The molecule has 1 aromatic rings. The fourth-order valence-electron chi connectivity index (χ4n) is 3.95. The molecule has 0 spiro atoms. The highest BCUT2D eigenvalue weighted by atomic mass is 79.9.